The molecule has 0 saturated carbocycles. The molecule has 1 aromatic carbocycles. The molecule has 0 aromatic heterocycles. The lowest BCUT2D eigenvalue weighted by molar-refractivity contribution is 0.0957. The molecule has 8 heteroatoms. The van der Waals surface area contributed by atoms with Crippen molar-refractivity contribution in [3.8, 4) is 0 Å². The molecule has 18 heavy (non-hydrogen) atoms. The lowest BCUT2D eigenvalue weighted by Crippen LogP contribution is -2.25. The Bertz CT molecular complexity index is 599. The van der Waals surface area contributed by atoms with Crippen LogP contribution in [0.15, 0.2) is 38.6 Å². The van der Waals surface area contributed by atoms with Gasteiger partial charge in [-0.25, -0.2) is 13.6 Å². The Morgan fingerprint density at radius 2 is 2.00 bits per heavy atom. The standard InChI is InChI=1S/C10H10Br2N2O3S/c1-6(11)5-14-10(15)7-2-8(12)4-9(3-7)18(13,16)17/h2-4H,1,5H2,(H,14,15)(H2,13,16,17). The molecule has 0 unspecified atom stereocenters. The number of benzene rings is 1. The molecule has 0 radical (unpaired) electrons. The number of amides is 1. The van der Waals surface area contributed by atoms with Gasteiger partial charge in [0.15, 0.2) is 0 Å². The van der Waals surface area contributed by atoms with Crippen molar-refractivity contribution in [2.75, 3.05) is 6.54 Å². The van der Waals surface area contributed by atoms with Gasteiger partial charge >= 0.3 is 0 Å². The van der Waals surface area contributed by atoms with Crippen LogP contribution in [-0.2, 0) is 10.0 Å². The Balaban J connectivity index is 3.07. The molecule has 0 heterocycles. The number of hydrogen-bond donors (Lipinski definition) is 2. The van der Waals surface area contributed by atoms with E-state index < -0.39 is 15.9 Å². The predicted octanol–water partition coefficient (Wildman–Crippen LogP) is 1.73. The maximum Gasteiger partial charge on any atom is 0.251 e. The van der Waals surface area contributed by atoms with Crippen molar-refractivity contribution in [3.63, 3.8) is 0 Å². The second-order valence-corrected chi connectivity index (χ2v) is 7.02. The highest BCUT2D eigenvalue weighted by Gasteiger charge is 2.13. The fourth-order valence-corrected chi connectivity index (χ4v) is 2.50. The second kappa shape index (κ2) is 5.96. The monoisotopic (exact) mass is 396 g/mol. The third-order valence-corrected chi connectivity index (χ3v) is 3.53. The smallest absolute Gasteiger partial charge is 0.251 e. The first-order valence-electron chi connectivity index (χ1n) is 4.65. The minimum atomic E-state index is -3.85. The van der Waals surface area contributed by atoms with Crippen molar-refractivity contribution in [2.45, 2.75) is 4.90 Å². The van der Waals surface area contributed by atoms with Gasteiger partial charge < -0.3 is 5.32 Å². The van der Waals surface area contributed by atoms with Crippen molar-refractivity contribution in [2.24, 2.45) is 5.14 Å². The van der Waals surface area contributed by atoms with E-state index in [1.54, 1.807) is 0 Å². The molecular formula is C10H10Br2N2O3S. The third kappa shape index (κ3) is 4.52. The summed E-state index contributed by atoms with van der Waals surface area (Å²) in [6.45, 7) is 3.82. The molecule has 3 N–H and O–H groups in total. The summed E-state index contributed by atoms with van der Waals surface area (Å²) >= 11 is 6.23. The van der Waals surface area contributed by atoms with Gasteiger partial charge in [-0.3, -0.25) is 4.79 Å². The molecule has 0 bridgehead atoms. The third-order valence-electron chi connectivity index (χ3n) is 1.90. The van der Waals surface area contributed by atoms with Crippen molar-refractivity contribution in [1.29, 1.82) is 0 Å². The van der Waals surface area contributed by atoms with Gasteiger partial charge in [-0.1, -0.05) is 38.4 Å². The highest BCUT2D eigenvalue weighted by Crippen LogP contribution is 2.18. The molecular weight excluding hydrogens is 388 g/mol. The van der Waals surface area contributed by atoms with Crippen LogP contribution in [0.5, 0.6) is 0 Å². The van der Waals surface area contributed by atoms with Crippen LogP contribution in [0.4, 0.5) is 0 Å². The SMILES string of the molecule is C=C(Br)CNC(=O)c1cc(Br)cc(S(N)(=O)=O)c1. The lowest BCUT2D eigenvalue weighted by Gasteiger charge is -2.06. The zero-order valence-corrected chi connectivity index (χ0v) is 13.1. The molecule has 1 rings (SSSR count). The number of sulfonamides is 1. The first-order valence-corrected chi connectivity index (χ1v) is 7.78. The van der Waals surface area contributed by atoms with Crippen molar-refractivity contribution in [3.05, 3.63) is 39.3 Å². The Hall–Kier alpha value is -0.700. The normalized spacial score (nSPS) is 11.1. The van der Waals surface area contributed by atoms with Gasteiger partial charge in [0.2, 0.25) is 10.0 Å². The second-order valence-electron chi connectivity index (χ2n) is 3.42. The molecule has 0 aliphatic carbocycles. The molecule has 0 fully saturated rings. The number of carbonyl (C=O) groups excluding carboxylic acids is 1. The molecule has 5 nitrogen and oxygen atoms in total. The first kappa shape index (κ1) is 15.4. The van der Waals surface area contributed by atoms with E-state index >= 15 is 0 Å². The summed E-state index contributed by atoms with van der Waals surface area (Å²) in [4.78, 5) is 11.6. The van der Waals surface area contributed by atoms with Gasteiger partial charge in [0, 0.05) is 21.1 Å². The summed E-state index contributed by atoms with van der Waals surface area (Å²) in [5, 5.41) is 7.58. The summed E-state index contributed by atoms with van der Waals surface area (Å²) in [5.74, 6) is -0.415. The van der Waals surface area contributed by atoms with E-state index in [1.807, 2.05) is 0 Å². The number of primary sulfonamides is 1. The summed E-state index contributed by atoms with van der Waals surface area (Å²) < 4.78 is 23.5. The van der Waals surface area contributed by atoms with E-state index in [4.69, 9.17) is 5.14 Å². The molecule has 0 saturated heterocycles. The Labute approximate surface area is 122 Å². The summed E-state index contributed by atoms with van der Waals surface area (Å²) in [6, 6.07) is 4.04. The molecule has 1 aromatic rings. The summed E-state index contributed by atoms with van der Waals surface area (Å²) in [7, 11) is -3.85. The fraction of sp³-hybridized carbons (Fsp3) is 0.100. The molecule has 98 valence electrons. The average molecular weight is 398 g/mol. The van der Waals surface area contributed by atoms with E-state index in [9.17, 15) is 13.2 Å². The Morgan fingerprint density at radius 1 is 1.39 bits per heavy atom. The number of rotatable bonds is 4. The van der Waals surface area contributed by atoms with Gasteiger partial charge in [-0.05, 0) is 18.2 Å². The zero-order chi connectivity index (χ0) is 13.9. The predicted molar refractivity (Wildman–Crippen MR) is 75.9 cm³/mol. The topological polar surface area (TPSA) is 89.3 Å². The largest absolute Gasteiger partial charge is 0.347 e. The van der Waals surface area contributed by atoms with E-state index in [-0.39, 0.29) is 17.0 Å². The van der Waals surface area contributed by atoms with Gasteiger partial charge in [-0.15, -0.1) is 0 Å². The fourth-order valence-electron chi connectivity index (χ4n) is 1.14. The highest BCUT2D eigenvalue weighted by atomic mass is 79.9. The van der Waals surface area contributed by atoms with Gasteiger partial charge in [0.1, 0.15) is 0 Å². The molecule has 0 spiro atoms. The van der Waals surface area contributed by atoms with Gasteiger partial charge in [0.25, 0.3) is 5.91 Å². The quantitative estimate of drug-likeness (QED) is 0.810. The van der Waals surface area contributed by atoms with Crippen LogP contribution in [0.1, 0.15) is 10.4 Å². The van der Waals surface area contributed by atoms with Crippen LogP contribution in [0.2, 0.25) is 0 Å². The number of hydrogen-bond acceptors (Lipinski definition) is 3. The Kier molecular flexibility index (Phi) is 5.09. The summed E-state index contributed by atoms with van der Waals surface area (Å²) in [5.41, 5.74) is 0.196. The van der Waals surface area contributed by atoms with Gasteiger partial charge in [-0.2, -0.15) is 0 Å². The van der Waals surface area contributed by atoms with Crippen LogP contribution in [0.3, 0.4) is 0 Å². The lowest BCUT2D eigenvalue weighted by atomic mass is 10.2. The van der Waals surface area contributed by atoms with Crippen LogP contribution in [0, 0.1) is 0 Å². The van der Waals surface area contributed by atoms with Gasteiger partial charge in [0.05, 0.1) is 4.90 Å². The van der Waals surface area contributed by atoms with E-state index in [1.165, 1.54) is 18.2 Å². The first-order chi connectivity index (χ1) is 8.20. The minimum Gasteiger partial charge on any atom is -0.347 e. The number of nitrogens with two attached hydrogens (primary N) is 1. The zero-order valence-electron chi connectivity index (χ0n) is 9.11. The summed E-state index contributed by atoms with van der Waals surface area (Å²) in [6.07, 6.45) is 0. The highest BCUT2D eigenvalue weighted by molar-refractivity contribution is 9.11. The molecule has 0 aliphatic rings. The number of halogens is 2. The molecule has 0 aliphatic heterocycles. The minimum absolute atomic E-state index is 0.125. The van der Waals surface area contributed by atoms with Crippen LogP contribution in [-0.4, -0.2) is 20.9 Å². The molecule has 1 amide bonds. The number of carbonyl (C=O) groups is 1. The van der Waals surface area contributed by atoms with Crippen LogP contribution in [0.25, 0.3) is 0 Å². The van der Waals surface area contributed by atoms with E-state index in [0.29, 0.717) is 8.96 Å². The van der Waals surface area contributed by atoms with Crippen LogP contribution < -0.4 is 10.5 Å². The maximum atomic E-state index is 11.8. The number of nitrogens with one attached hydrogen (secondary N) is 1. The van der Waals surface area contributed by atoms with Crippen molar-refractivity contribution >= 4 is 47.8 Å². The average Bonchev–Trinajstić information content (AvgIpc) is 2.23. The Morgan fingerprint density at radius 3 is 2.50 bits per heavy atom. The van der Waals surface area contributed by atoms with Crippen LogP contribution >= 0.6 is 31.9 Å². The van der Waals surface area contributed by atoms with E-state index in [2.05, 4.69) is 43.8 Å². The van der Waals surface area contributed by atoms with Crippen molar-refractivity contribution in [1.82, 2.24) is 5.32 Å². The molecule has 0 atom stereocenters. The maximum absolute atomic E-state index is 11.8. The van der Waals surface area contributed by atoms with Crippen molar-refractivity contribution < 1.29 is 13.2 Å². The van der Waals surface area contributed by atoms with E-state index in [0.717, 1.165) is 0 Å².